The molecule has 3 saturated heterocycles. The maximum Gasteiger partial charge on any atom is 0.323 e. The lowest BCUT2D eigenvalue weighted by atomic mass is 9.55. The number of hydrogen-bond donors (Lipinski definition) is 2. The van der Waals surface area contributed by atoms with Crippen molar-refractivity contribution in [2.75, 3.05) is 20.2 Å². The number of nitrogens with one attached hydrogen (secondary N) is 2. The van der Waals surface area contributed by atoms with Gasteiger partial charge < -0.3 is 10.1 Å². The topological polar surface area (TPSA) is 70.7 Å². The summed E-state index contributed by atoms with van der Waals surface area (Å²) in [6.45, 7) is 6.86. The van der Waals surface area contributed by atoms with Crippen LogP contribution in [0.1, 0.15) is 31.4 Å². The fraction of sp³-hybridized carbons (Fsp3) is 0.517. The number of carbonyl (C=O) groups is 2. The van der Waals surface area contributed by atoms with Crippen LogP contribution < -0.4 is 10.6 Å². The van der Waals surface area contributed by atoms with Gasteiger partial charge >= 0.3 is 5.97 Å². The number of benzene rings is 2. The molecule has 4 fully saturated rings. The number of piperidine rings is 2. The van der Waals surface area contributed by atoms with Gasteiger partial charge in [-0.3, -0.25) is 19.8 Å². The van der Waals surface area contributed by atoms with Crippen molar-refractivity contribution in [1.29, 1.82) is 0 Å². The van der Waals surface area contributed by atoms with Crippen LogP contribution >= 0.6 is 0 Å². The highest BCUT2D eigenvalue weighted by Crippen LogP contribution is 2.55. The number of rotatable bonds is 8. The van der Waals surface area contributed by atoms with Gasteiger partial charge in [-0.05, 0) is 35.8 Å². The van der Waals surface area contributed by atoms with Crippen molar-refractivity contribution >= 4 is 11.9 Å². The lowest BCUT2D eigenvalue weighted by molar-refractivity contribution is -0.158. The van der Waals surface area contributed by atoms with E-state index in [9.17, 15) is 9.59 Å². The lowest BCUT2D eigenvalue weighted by Gasteiger charge is -2.58. The number of carbonyl (C=O) groups excluding carboxylic acids is 2. The Bertz CT molecular complexity index is 1040. The largest absolute Gasteiger partial charge is 0.468 e. The van der Waals surface area contributed by atoms with E-state index in [2.05, 4.69) is 53.6 Å². The minimum atomic E-state index is -0.820. The van der Waals surface area contributed by atoms with E-state index in [0.29, 0.717) is 18.4 Å². The predicted molar refractivity (Wildman–Crippen MR) is 135 cm³/mol. The Balaban J connectivity index is 1.53. The molecule has 3 aliphatic heterocycles. The molecule has 2 aromatic carbocycles. The van der Waals surface area contributed by atoms with Gasteiger partial charge in [0.15, 0.2) is 0 Å². The van der Waals surface area contributed by atoms with Crippen LogP contribution in [0.2, 0.25) is 0 Å². The zero-order valence-corrected chi connectivity index (χ0v) is 20.9. The third-order valence-corrected chi connectivity index (χ3v) is 8.31. The van der Waals surface area contributed by atoms with Crippen LogP contribution in [-0.2, 0) is 27.3 Å². The highest BCUT2D eigenvalue weighted by Gasteiger charge is 2.69. The molecule has 6 nitrogen and oxygen atoms in total. The van der Waals surface area contributed by atoms with Gasteiger partial charge in [-0.2, -0.15) is 0 Å². The number of ether oxygens (including phenoxy) is 1. The van der Waals surface area contributed by atoms with Crippen LogP contribution in [0.5, 0.6) is 0 Å². The molecule has 6 rings (SSSR count). The molecule has 1 unspecified atom stereocenters. The number of methoxy groups -OCH3 is 1. The third-order valence-electron chi connectivity index (χ3n) is 8.31. The molecule has 1 amide bonds. The smallest absolute Gasteiger partial charge is 0.323 e. The Morgan fingerprint density at radius 3 is 2.37 bits per heavy atom. The first-order valence-corrected chi connectivity index (χ1v) is 12.9. The monoisotopic (exact) mass is 475 g/mol. The summed E-state index contributed by atoms with van der Waals surface area (Å²) in [6, 6.07) is 20.1. The van der Waals surface area contributed by atoms with E-state index in [4.69, 9.17) is 4.74 Å². The number of amides is 1. The molecular weight excluding hydrogens is 438 g/mol. The standard InChI is InChI=1S/C29H37N3O3/c1-19(2)17-32-18-22-15-29(28(34)30-16-21-12-8-5-9-13-21)23(14-20-10-6-4-7-11-20)26(32)24(22)25(31-29)27(33)35-3/h4-13,19,22-26,31H,14-18H2,1-3H3,(H,30,34)/t22-,23-,24+,25?,26-,29+/m1/s1. The van der Waals surface area contributed by atoms with E-state index in [1.54, 1.807) is 0 Å². The number of likely N-dealkylation sites (tertiary alicyclic amines) is 1. The average Bonchev–Trinajstić information content (AvgIpc) is 3.17. The van der Waals surface area contributed by atoms with Gasteiger partial charge in [0.1, 0.15) is 11.6 Å². The predicted octanol–water partition coefficient (Wildman–Crippen LogP) is 3.02. The van der Waals surface area contributed by atoms with Crippen molar-refractivity contribution in [2.45, 2.75) is 50.9 Å². The third kappa shape index (κ3) is 4.38. The van der Waals surface area contributed by atoms with Gasteiger partial charge in [0, 0.05) is 37.5 Å². The van der Waals surface area contributed by atoms with E-state index in [1.165, 1.54) is 12.7 Å². The second kappa shape index (κ2) is 9.75. The number of esters is 1. The van der Waals surface area contributed by atoms with Gasteiger partial charge in [0.05, 0.1) is 7.11 Å². The molecule has 3 heterocycles. The quantitative estimate of drug-likeness (QED) is 0.575. The molecule has 4 aliphatic rings. The molecule has 0 spiro atoms. The van der Waals surface area contributed by atoms with Crippen molar-refractivity contribution in [3.05, 3.63) is 71.8 Å². The van der Waals surface area contributed by atoms with E-state index >= 15 is 0 Å². The SMILES string of the molecule is COC(=O)C1N[C@@]2(C(=O)NCc3ccccc3)C[C@@H]3CN(CC(C)C)[C@@H]([C@H]13)[C@H]2Cc1ccccc1. The molecule has 6 atom stereocenters. The molecule has 35 heavy (non-hydrogen) atoms. The second-order valence-electron chi connectivity index (χ2n) is 11.0. The Morgan fingerprint density at radius 2 is 1.74 bits per heavy atom. The highest BCUT2D eigenvalue weighted by atomic mass is 16.5. The van der Waals surface area contributed by atoms with Gasteiger partial charge in [0.25, 0.3) is 0 Å². The minimum absolute atomic E-state index is 0.00395. The summed E-state index contributed by atoms with van der Waals surface area (Å²) < 4.78 is 5.24. The van der Waals surface area contributed by atoms with E-state index in [-0.39, 0.29) is 29.8 Å². The lowest BCUT2D eigenvalue weighted by Crippen LogP contribution is -2.78. The Morgan fingerprint density at radius 1 is 1.09 bits per heavy atom. The number of fused-ring (bicyclic) bond motifs is 1. The summed E-state index contributed by atoms with van der Waals surface area (Å²) in [5.41, 5.74) is 1.47. The zero-order chi connectivity index (χ0) is 24.6. The van der Waals surface area contributed by atoms with Crippen LogP contribution in [0.4, 0.5) is 0 Å². The Hall–Kier alpha value is -2.70. The first-order valence-electron chi connectivity index (χ1n) is 12.9. The summed E-state index contributed by atoms with van der Waals surface area (Å²) in [6.07, 6.45) is 1.54. The van der Waals surface area contributed by atoms with Gasteiger partial charge in [0.2, 0.25) is 5.91 Å². The Kier molecular flexibility index (Phi) is 6.69. The first-order chi connectivity index (χ1) is 16.9. The zero-order valence-electron chi connectivity index (χ0n) is 20.9. The maximum atomic E-state index is 14.1. The number of hydrogen-bond acceptors (Lipinski definition) is 5. The van der Waals surface area contributed by atoms with Crippen molar-refractivity contribution in [3.8, 4) is 0 Å². The van der Waals surface area contributed by atoms with Crippen LogP contribution in [0.25, 0.3) is 0 Å². The molecular formula is C29H37N3O3. The highest BCUT2D eigenvalue weighted by molar-refractivity contribution is 5.90. The second-order valence-corrected chi connectivity index (χ2v) is 11.0. The van der Waals surface area contributed by atoms with Gasteiger partial charge in [-0.25, -0.2) is 0 Å². The first kappa shape index (κ1) is 24.0. The van der Waals surface area contributed by atoms with Crippen LogP contribution in [0.15, 0.2) is 60.7 Å². The summed E-state index contributed by atoms with van der Waals surface area (Å²) in [7, 11) is 1.45. The average molecular weight is 476 g/mol. The van der Waals surface area contributed by atoms with E-state index in [0.717, 1.165) is 31.5 Å². The maximum absolute atomic E-state index is 14.1. The molecule has 2 aromatic rings. The summed E-state index contributed by atoms with van der Waals surface area (Å²) in [5.74, 6) is 0.754. The summed E-state index contributed by atoms with van der Waals surface area (Å²) in [5, 5.41) is 6.82. The van der Waals surface area contributed by atoms with Crippen LogP contribution in [0.3, 0.4) is 0 Å². The van der Waals surface area contributed by atoms with Gasteiger partial charge in [-0.1, -0.05) is 74.5 Å². The van der Waals surface area contributed by atoms with E-state index in [1.807, 2.05) is 36.4 Å². The molecule has 0 radical (unpaired) electrons. The van der Waals surface area contributed by atoms with Crippen molar-refractivity contribution in [1.82, 2.24) is 15.5 Å². The fourth-order valence-electron chi connectivity index (χ4n) is 7.09. The Labute approximate surface area is 208 Å². The van der Waals surface area contributed by atoms with Gasteiger partial charge in [-0.15, -0.1) is 0 Å². The van der Waals surface area contributed by atoms with Crippen molar-refractivity contribution < 1.29 is 14.3 Å². The molecule has 1 aliphatic carbocycles. The van der Waals surface area contributed by atoms with E-state index < -0.39 is 11.6 Å². The molecule has 1 saturated carbocycles. The molecule has 186 valence electrons. The molecule has 0 aromatic heterocycles. The number of nitrogens with zero attached hydrogens (tertiary/aromatic N) is 1. The minimum Gasteiger partial charge on any atom is -0.468 e. The van der Waals surface area contributed by atoms with Crippen molar-refractivity contribution in [3.63, 3.8) is 0 Å². The summed E-state index contributed by atoms with van der Waals surface area (Å²) >= 11 is 0. The summed E-state index contributed by atoms with van der Waals surface area (Å²) in [4.78, 5) is 29.7. The molecule has 2 N–H and O–H groups in total. The van der Waals surface area contributed by atoms with Crippen LogP contribution in [-0.4, -0.2) is 54.6 Å². The fourth-order valence-corrected chi connectivity index (χ4v) is 7.09. The molecule has 4 bridgehead atoms. The molecule has 6 heteroatoms. The van der Waals surface area contributed by atoms with Crippen molar-refractivity contribution in [2.24, 2.45) is 23.7 Å². The van der Waals surface area contributed by atoms with Crippen LogP contribution in [0, 0.1) is 23.7 Å². The normalized spacial score (nSPS) is 31.5.